The largest absolute Gasteiger partial charge is 0.352 e. The highest BCUT2D eigenvalue weighted by atomic mass is 16.1. The molecule has 1 saturated carbocycles. The highest BCUT2D eigenvalue weighted by Crippen LogP contribution is 2.17. The van der Waals surface area contributed by atoms with E-state index < -0.39 is 0 Å². The lowest BCUT2D eigenvalue weighted by Crippen LogP contribution is -2.42. The van der Waals surface area contributed by atoms with Crippen molar-refractivity contribution in [2.24, 2.45) is 5.73 Å². The Morgan fingerprint density at radius 3 is 2.67 bits per heavy atom. The standard InChI is InChI=1S/C6H12N2O/c7-4-6(9)8-5-2-1-3-5/h5H,1-4,7H2,(H,8,9). The molecule has 1 rings (SSSR count). The lowest BCUT2D eigenvalue weighted by molar-refractivity contribution is -0.120. The van der Waals surface area contributed by atoms with Crippen molar-refractivity contribution in [1.29, 1.82) is 0 Å². The van der Waals surface area contributed by atoms with Crippen LogP contribution in [0, 0.1) is 0 Å². The molecule has 0 radical (unpaired) electrons. The van der Waals surface area contributed by atoms with E-state index in [-0.39, 0.29) is 12.5 Å². The number of carbonyl (C=O) groups is 1. The molecule has 0 aromatic heterocycles. The minimum Gasteiger partial charge on any atom is -0.352 e. The zero-order valence-corrected chi connectivity index (χ0v) is 5.39. The molecule has 3 N–H and O–H groups in total. The van der Waals surface area contributed by atoms with Gasteiger partial charge < -0.3 is 11.1 Å². The molecule has 1 aliphatic rings. The molecule has 3 nitrogen and oxygen atoms in total. The summed E-state index contributed by atoms with van der Waals surface area (Å²) >= 11 is 0. The van der Waals surface area contributed by atoms with Crippen LogP contribution >= 0.6 is 0 Å². The second-order valence-electron chi connectivity index (χ2n) is 2.40. The molecule has 1 amide bonds. The lowest BCUT2D eigenvalue weighted by Gasteiger charge is -2.25. The van der Waals surface area contributed by atoms with Gasteiger partial charge in [0, 0.05) is 6.04 Å². The van der Waals surface area contributed by atoms with Crippen LogP contribution in [0.1, 0.15) is 19.3 Å². The molecule has 0 heterocycles. The van der Waals surface area contributed by atoms with E-state index in [1.165, 1.54) is 6.42 Å². The molecule has 1 aliphatic carbocycles. The Labute approximate surface area is 54.6 Å². The van der Waals surface area contributed by atoms with Gasteiger partial charge in [0.2, 0.25) is 5.91 Å². The van der Waals surface area contributed by atoms with Crippen molar-refractivity contribution in [2.45, 2.75) is 25.3 Å². The van der Waals surface area contributed by atoms with Gasteiger partial charge in [-0.2, -0.15) is 0 Å². The van der Waals surface area contributed by atoms with E-state index in [1.54, 1.807) is 0 Å². The maximum atomic E-state index is 10.6. The van der Waals surface area contributed by atoms with Crippen LogP contribution in [-0.2, 0) is 4.79 Å². The minimum atomic E-state index is -0.0281. The second-order valence-corrected chi connectivity index (χ2v) is 2.40. The van der Waals surface area contributed by atoms with Crippen molar-refractivity contribution in [3.05, 3.63) is 0 Å². The quantitative estimate of drug-likeness (QED) is 0.532. The number of rotatable bonds is 2. The van der Waals surface area contributed by atoms with Crippen LogP contribution in [0.15, 0.2) is 0 Å². The van der Waals surface area contributed by atoms with Gasteiger partial charge in [-0.15, -0.1) is 0 Å². The Morgan fingerprint density at radius 1 is 1.67 bits per heavy atom. The average Bonchev–Trinajstić information content (AvgIpc) is 1.78. The summed E-state index contributed by atoms with van der Waals surface area (Å²) in [6, 6.07) is 0.432. The smallest absolute Gasteiger partial charge is 0.233 e. The van der Waals surface area contributed by atoms with E-state index >= 15 is 0 Å². The number of amides is 1. The monoisotopic (exact) mass is 128 g/mol. The summed E-state index contributed by atoms with van der Waals surface area (Å²) in [5.41, 5.74) is 5.09. The third kappa shape index (κ3) is 1.68. The van der Waals surface area contributed by atoms with Gasteiger partial charge in [0.1, 0.15) is 0 Å². The predicted molar refractivity (Wildman–Crippen MR) is 34.8 cm³/mol. The summed E-state index contributed by atoms with van der Waals surface area (Å²) in [6.07, 6.45) is 3.51. The van der Waals surface area contributed by atoms with Crippen LogP contribution in [0.3, 0.4) is 0 Å². The van der Waals surface area contributed by atoms with Gasteiger partial charge in [0.05, 0.1) is 6.54 Å². The normalized spacial score (nSPS) is 18.8. The molecule has 0 atom stereocenters. The number of hydrogen-bond acceptors (Lipinski definition) is 2. The van der Waals surface area contributed by atoms with Gasteiger partial charge in [-0.1, -0.05) is 0 Å². The Hall–Kier alpha value is -0.570. The van der Waals surface area contributed by atoms with Gasteiger partial charge in [-0.3, -0.25) is 4.79 Å². The molecule has 0 aromatic rings. The zero-order chi connectivity index (χ0) is 6.69. The van der Waals surface area contributed by atoms with E-state index in [4.69, 9.17) is 5.73 Å². The predicted octanol–water partition coefficient (Wildman–Crippen LogP) is -0.386. The SMILES string of the molecule is NCC(=O)NC1CCC1. The van der Waals surface area contributed by atoms with Crippen LogP contribution in [0.4, 0.5) is 0 Å². The first-order chi connectivity index (χ1) is 4.33. The minimum absolute atomic E-state index is 0.0281. The summed E-state index contributed by atoms with van der Waals surface area (Å²) < 4.78 is 0. The number of nitrogens with two attached hydrogens (primary N) is 1. The molecular weight excluding hydrogens is 116 g/mol. The van der Waals surface area contributed by atoms with Gasteiger partial charge in [0.25, 0.3) is 0 Å². The van der Waals surface area contributed by atoms with Crippen molar-refractivity contribution < 1.29 is 4.79 Å². The maximum Gasteiger partial charge on any atom is 0.233 e. The van der Waals surface area contributed by atoms with Crippen molar-refractivity contribution in [3.63, 3.8) is 0 Å². The Morgan fingerprint density at radius 2 is 2.33 bits per heavy atom. The van der Waals surface area contributed by atoms with Crippen molar-refractivity contribution in [1.82, 2.24) is 5.32 Å². The van der Waals surface area contributed by atoms with Crippen LogP contribution < -0.4 is 11.1 Å². The second kappa shape index (κ2) is 2.82. The van der Waals surface area contributed by atoms with E-state index in [9.17, 15) is 4.79 Å². The van der Waals surface area contributed by atoms with Gasteiger partial charge in [0.15, 0.2) is 0 Å². The maximum absolute atomic E-state index is 10.6. The van der Waals surface area contributed by atoms with Crippen LogP contribution in [-0.4, -0.2) is 18.5 Å². The molecule has 1 fully saturated rings. The highest BCUT2D eigenvalue weighted by Gasteiger charge is 2.17. The fourth-order valence-electron chi connectivity index (χ4n) is 0.839. The van der Waals surface area contributed by atoms with E-state index in [0.717, 1.165) is 12.8 Å². The van der Waals surface area contributed by atoms with Crippen LogP contribution in [0.2, 0.25) is 0 Å². The van der Waals surface area contributed by atoms with Gasteiger partial charge in [-0.05, 0) is 19.3 Å². The number of carbonyl (C=O) groups excluding carboxylic acids is 1. The Bertz CT molecular complexity index is 110. The highest BCUT2D eigenvalue weighted by molar-refractivity contribution is 5.78. The summed E-state index contributed by atoms with van der Waals surface area (Å²) in [4.78, 5) is 10.6. The Balaban J connectivity index is 2.09. The molecule has 3 heteroatoms. The molecule has 0 bridgehead atoms. The lowest BCUT2D eigenvalue weighted by atomic mass is 9.93. The molecular formula is C6H12N2O. The van der Waals surface area contributed by atoms with Crippen molar-refractivity contribution >= 4 is 5.91 Å². The molecule has 0 saturated heterocycles. The van der Waals surface area contributed by atoms with Crippen LogP contribution in [0.25, 0.3) is 0 Å². The van der Waals surface area contributed by atoms with Crippen molar-refractivity contribution in [3.8, 4) is 0 Å². The fraction of sp³-hybridized carbons (Fsp3) is 0.833. The summed E-state index contributed by atoms with van der Waals surface area (Å²) in [5.74, 6) is -0.0281. The van der Waals surface area contributed by atoms with Crippen LogP contribution in [0.5, 0.6) is 0 Å². The van der Waals surface area contributed by atoms with E-state index in [0.29, 0.717) is 6.04 Å². The molecule has 0 aliphatic heterocycles. The third-order valence-corrected chi connectivity index (χ3v) is 1.66. The first-order valence-electron chi connectivity index (χ1n) is 3.32. The first kappa shape index (κ1) is 6.55. The average molecular weight is 128 g/mol. The summed E-state index contributed by atoms with van der Waals surface area (Å²) in [6.45, 7) is 0.122. The van der Waals surface area contributed by atoms with Crippen molar-refractivity contribution in [2.75, 3.05) is 6.54 Å². The van der Waals surface area contributed by atoms with E-state index in [2.05, 4.69) is 5.32 Å². The fourth-order valence-corrected chi connectivity index (χ4v) is 0.839. The Kier molecular flexibility index (Phi) is 2.05. The topological polar surface area (TPSA) is 55.1 Å². The zero-order valence-electron chi connectivity index (χ0n) is 5.39. The molecule has 9 heavy (non-hydrogen) atoms. The van der Waals surface area contributed by atoms with Gasteiger partial charge in [-0.25, -0.2) is 0 Å². The number of hydrogen-bond donors (Lipinski definition) is 2. The van der Waals surface area contributed by atoms with E-state index in [1.807, 2.05) is 0 Å². The molecule has 0 unspecified atom stereocenters. The number of nitrogens with one attached hydrogen (secondary N) is 1. The summed E-state index contributed by atoms with van der Waals surface area (Å²) in [5, 5.41) is 2.80. The van der Waals surface area contributed by atoms with Gasteiger partial charge >= 0.3 is 0 Å². The molecule has 0 spiro atoms. The first-order valence-corrected chi connectivity index (χ1v) is 3.32. The molecule has 52 valence electrons. The molecule has 0 aromatic carbocycles. The summed E-state index contributed by atoms with van der Waals surface area (Å²) in [7, 11) is 0. The third-order valence-electron chi connectivity index (χ3n) is 1.66.